The maximum Gasteiger partial charge on any atom is 0.166 e. The van der Waals surface area contributed by atoms with Crippen molar-refractivity contribution in [1.82, 2.24) is 10.6 Å². The van der Waals surface area contributed by atoms with E-state index in [1.807, 2.05) is 36.0 Å². The number of hydrogen-bond acceptors (Lipinski definition) is 2. The van der Waals surface area contributed by atoms with E-state index in [0.717, 1.165) is 23.7 Å². The fourth-order valence-electron chi connectivity index (χ4n) is 1.50. The molecule has 18 heavy (non-hydrogen) atoms. The zero-order chi connectivity index (χ0) is 13.4. The fourth-order valence-corrected chi connectivity index (χ4v) is 2.34. The Morgan fingerprint density at radius 1 is 1.39 bits per heavy atom. The van der Waals surface area contributed by atoms with Crippen molar-refractivity contribution in [2.24, 2.45) is 0 Å². The van der Waals surface area contributed by atoms with Crippen LogP contribution in [0.2, 0.25) is 5.02 Å². The van der Waals surface area contributed by atoms with Gasteiger partial charge in [0.25, 0.3) is 0 Å². The summed E-state index contributed by atoms with van der Waals surface area (Å²) in [7, 11) is 0. The van der Waals surface area contributed by atoms with E-state index in [2.05, 4.69) is 23.8 Å². The van der Waals surface area contributed by atoms with Crippen LogP contribution in [0.5, 0.6) is 0 Å². The summed E-state index contributed by atoms with van der Waals surface area (Å²) in [5.41, 5.74) is 1.17. The molecule has 0 radical (unpaired) electrons. The molecule has 0 unspecified atom stereocenters. The van der Waals surface area contributed by atoms with Gasteiger partial charge < -0.3 is 10.6 Å². The van der Waals surface area contributed by atoms with E-state index in [1.54, 1.807) is 0 Å². The van der Waals surface area contributed by atoms with Gasteiger partial charge in [-0.05, 0) is 55.3 Å². The molecule has 1 aromatic carbocycles. The first-order valence-electron chi connectivity index (χ1n) is 5.92. The van der Waals surface area contributed by atoms with Gasteiger partial charge in [0.2, 0.25) is 0 Å². The van der Waals surface area contributed by atoms with Gasteiger partial charge in [-0.1, -0.05) is 23.7 Å². The van der Waals surface area contributed by atoms with Crippen LogP contribution < -0.4 is 10.6 Å². The van der Waals surface area contributed by atoms with Crippen molar-refractivity contribution in [2.75, 3.05) is 18.6 Å². The van der Waals surface area contributed by atoms with Crippen molar-refractivity contribution >= 4 is 40.7 Å². The second-order valence-corrected chi connectivity index (χ2v) is 5.85. The van der Waals surface area contributed by atoms with Crippen molar-refractivity contribution < 1.29 is 0 Å². The average molecular weight is 303 g/mol. The summed E-state index contributed by atoms with van der Waals surface area (Å²) < 4.78 is 0. The molecule has 1 rings (SSSR count). The highest BCUT2D eigenvalue weighted by Crippen LogP contribution is 2.15. The van der Waals surface area contributed by atoms with Crippen LogP contribution in [0, 0.1) is 0 Å². The number of halogens is 1. The van der Waals surface area contributed by atoms with Crippen LogP contribution in [0.4, 0.5) is 0 Å². The van der Waals surface area contributed by atoms with Crippen LogP contribution in [0.15, 0.2) is 24.3 Å². The minimum absolute atomic E-state index is 0.183. The summed E-state index contributed by atoms with van der Waals surface area (Å²) in [4.78, 5) is 0. The molecule has 0 aromatic heterocycles. The Balaban J connectivity index is 2.33. The maximum absolute atomic E-state index is 5.86. The van der Waals surface area contributed by atoms with Crippen LogP contribution >= 0.6 is 35.6 Å². The van der Waals surface area contributed by atoms with Crippen LogP contribution in [0.25, 0.3) is 0 Å². The summed E-state index contributed by atoms with van der Waals surface area (Å²) in [5.74, 6) is 1.16. The number of nitrogens with one attached hydrogen (secondary N) is 2. The largest absolute Gasteiger partial charge is 0.363 e. The standard InChI is InChI=1S/C13H19ClN2S2/c1-10(11-4-6-12(14)7-5-11)16-13(17)15-8-3-9-18-2/h4-7,10H,3,8-9H2,1-2H3,(H2,15,16,17)/t10-/m0/s1. The average Bonchev–Trinajstić information content (AvgIpc) is 2.35. The number of hydrogen-bond donors (Lipinski definition) is 2. The highest BCUT2D eigenvalue weighted by molar-refractivity contribution is 7.98. The lowest BCUT2D eigenvalue weighted by atomic mass is 10.1. The molecule has 0 aliphatic rings. The molecule has 0 saturated heterocycles. The molecule has 0 aliphatic heterocycles. The molecule has 5 heteroatoms. The normalized spacial score (nSPS) is 11.9. The highest BCUT2D eigenvalue weighted by Gasteiger charge is 2.06. The van der Waals surface area contributed by atoms with Crippen molar-refractivity contribution in [3.8, 4) is 0 Å². The summed E-state index contributed by atoms with van der Waals surface area (Å²) >= 11 is 13.0. The maximum atomic E-state index is 5.86. The molecular formula is C13H19ClN2S2. The third-order valence-corrected chi connectivity index (χ3v) is 3.74. The van der Waals surface area contributed by atoms with Gasteiger partial charge >= 0.3 is 0 Å². The quantitative estimate of drug-likeness (QED) is 0.619. The third-order valence-electron chi connectivity index (χ3n) is 2.53. The van der Waals surface area contributed by atoms with Crippen molar-refractivity contribution in [3.63, 3.8) is 0 Å². The second-order valence-electron chi connectivity index (χ2n) is 4.02. The second kappa shape index (κ2) is 8.62. The molecule has 0 aliphatic carbocycles. The van der Waals surface area contributed by atoms with Gasteiger partial charge in [0.05, 0.1) is 6.04 Å². The molecular weight excluding hydrogens is 284 g/mol. The van der Waals surface area contributed by atoms with E-state index in [-0.39, 0.29) is 6.04 Å². The van der Waals surface area contributed by atoms with E-state index < -0.39 is 0 Å². The summed E-state index contributed by atoms with van der Waals surface area (Å²) in [6.07, 6.45) is 3.23. The van der Waals surface area contributed by atoms with Crippen LogP contribution in [-0.4, -0.2) is 23.7 Å². The van der Waals surface area contributed by atoms with Gasteiger partial charge in [-0.15, -0.1) is 0 Å². The molecule has 2 N–H and O–H groups in total. The topological polar surface area (TPSA) is 24.1 Å². The number of thiocarbonyl (C=S) groups is 1. The van der Waals surface area contributed by atoms with Gasteiger partial charge in [0.15, 0.2) is 5.11 Å². The third kappa shape index (κ3) is 5.94. The van der Waals surface area contributed by atoms with E-state index >= 15 is 0 Å². The fraction of sp³-hybridized carbons (Fsp3) is 0.462. The molecule has 0 fully saturated rings. The summed E-state index contributed by atoms with van der Waals surface area (Å²) in [5, 5.41) is 7.93. The van der Waals surface area contributed by atoms with Gasteiger partial charge in [-0.25, -0.2) is 0 Å². The lowest BCUT2D eigenvalue weighted by Crippen LogP contribution is -2.37. The van der Waals surface area contributed by atoms with Gasteiger partial charge in [-0.2, -0.15) is 11.8 Å². The number of thioether (sulfide) groups is 1. The van der Waals surface area contributed by atoms with Crippen LogP contribution in [0.1, 0.15) is 24.9 Å². The molecule has 0 bridgehead atoms. The Kier molecular flexibility index (Phi) is 7.47. The van der Waals surface area contributed by atoms with Crippen molar-refractivity contribution in [1.29, 1.82) is 0 Å². The molecule has 100 valence electrons. The SMILES string of the molecule is CSCCCNC(=S)N[C@@H](C)c1ccc(Cl)cc1. The molecule has 0 heterocycles. The first-order chi connectivity index (χ1) is 8.63. The molecule has 0 spiro atoms. The van der Waals surface area contributed by atoms with Gasteiger partial charge in [0.1, 0.15) is 0 Å². The minimum Gasteiger partial charge on any atom is -0.363 e. The summed E-state index contributed by atoms with van der Waals surface area (Å²) in [6.45, 7) is 3.00. The predicted molar refractivity (Wildman–Crippen MR) is 86.6 cm³/mol. The Morgan fingerprint density at radius 3 is 2.67 bits per heavy atom. The monoisotopic (exact) mass is 302 g/mol. The Hall–Kier alpha value is -0.450. The molecule has 1 atom stereocenters. The van der Waals surface area contributed by atoms with Crippen molar-refractivity contribution in [2.45, 2.75) is 19.4 Å². The highest BCUT2D eigenvalue weighted by atomic mass is 35.5. The first-order valence-corrected chi connectivity index (χ1v) is 8.10. The zero-order valence-corrected chi connectivity index (χ0v) is 13.1. The summed E-state index contributed by atoms with van der Waals surface area (Å²) in [6, 6.07) is 7.99. The molecule has 0 amide bonds. The van der Waals surface area contributed by atoms with Gasteiger partial charge in [-0.3, -0.25) is 0 Å². The lowest BCUT2D eigenvalue weighted by molar-refractivity contribution is 0.695. The van der Waals surface area contributed by atoms with Crippen molar-refractivity contribution in [3.05, 3.63) is 34.9 Å². The molecule has 2 nitrogen and oxygen atoms in total. The Bertz CT molecular complexity index is 368. The Morgan fingerprint density at radius 2 is 2.06 bits per heavy atom. The van der Waals surface area contributed by atoms with E-state index in [4.69, 9.17) is 23.8 Å². The Labute approximate surface area is 124 Å². The smallest absolute Gasteiger partial charge is 0.166 e. The van der Waals surface area contributed by atoms with Gasteiger partial charge in [0, 0.05) is 11.6 Å². The van der Waals surface area contributed by atoms with Crippen LogP contribution in [-0.2, 0) is 0 Å². The zero-order valence-electron chi connectivity index (χ0n) is 10.7. The predicted octanol–water partition coefficient (Wildman–Crippen LogP) is 3.62. The molecule has 1 aromatic rings. The molecule has 0 saturated carbocycles. The number of rotatable bonds is 6. The number of benzene rings is 1. The van der Waals surface area contributed by atoms with E-state index in [1.165, 1.54) is 5.56 Å². The first kappa shape index (κ1) is 15.6. The minimum atomic E-state index is 0.183. The van der Waals surface area contributed by atoms with Crippen LogP contribution in [0.3, 0.4) is 0 Å². The van der Waals surface area contributed by atoms with E-state index in [9.17, 15) is 0 Å². The lowest BCUT2D eigenvalue weighted by Gasteiger charge is -2.17. The van der Waals surface area contributed by atoms with E-state index in [0.29, 0.717) is 5.11 Å².